The Balaban J connectivity index is 1.84. The molecule has 0 bridgehead atoms. The predicted molar refractivity (Wildman–Crippen MR) is 106 cm³/mol. The van der Waals surface area contributed by atoms with Crippen molar-refractivity contribution in [3.8, 4) is 16.9 Å². The van der Waals surface area contributed by atoms with Gasteiger partial charge < -0.3 is 0 Å². The van der Waals surface area contributed by atoms with E-state index in [1.807, 2.05) is 66.7 Å². The normalized spacial score (nSPS) is 11.3. The number of nitrogens with one attached hydrogen (secondary N) is 1. The van der Waals surface area contributed by atoms with Gasteiger partial charge in [0.25, 0.3) is 10.0 Å². The van der Waals surface area contributed by atoms with Crippen LogP contribution in [-0.4, -0.2) is 18.2 Å². The van der Waals surface area contributed by atoms with Crippen LogP contribution in [0.5, 0.6) is 0 Å². The van der Waals surface area contributed by atoms with Gasteiger partial charge >= 0.3 is 0 Å². The summed E-state index contributed by atoms with van der Waals surface area (Å²) in [6, 6.07) is 27.5. The minimum atomic E-state index is -3.81. The van der Waals surface area contributed by atoms with E-state index in [4.69, 9.17) is 0 Å². The summed E-state index contributed by atoms with van der Waals surface area (Å²) in [6.45, 7) is 0. The second kappa shape index (κ2) is 7.09. The SMILES string of the molecule is O=S(=O)(Nc1ccccc1)c1cn(-c2ccccc2)nc1-c1ccccc1. The second-order valence-electron chi connectivity index (χ2n) is 5.96. The van der Waals surface area contributed by atoms with E-state index in [1.54, 1.807) is 35.1 Å². The van der Waals surface area contributed by atoms with E-state index >= 15 is 0 Å². The molecule has 1 N–H and O–H groups in total. The number of sulfonamides is 1. The van der Waals surface area contributed by atoms with Crippen molar-refractivity contribution in [1.29, 1.82) is 0 Å². The number of hydrogen-bond acceptors (Lipinski definition) is 3. The maximum Gasteiger partial charge on any atom is 0.265 e. The molecule has 0 spiro atoms. The summed E-state index contributed by atoms with van der Waals surface area (Å²) in [5.41, 5.74) is 2.43. The first-order valence-corrected chi connectivity index (χ1v) is 9.90. The van der Waals surface area contributed by atoms with Crippen LogP contribution in [-0.2, 0) is 10.0 Å². The Labute approximate surface area is 158 Å². The van der Waals surface area contributed by atoms with Crippen LogP contribution in [0.15, 0.2) is 102 Å². The number of anilines is 1. The van der Waals surface area contributed by atoms with Gasteiger partial charge in [0, 0.05) is 11.3 Å². The van der Waals surface area contributed by atoms with Crippen LogP contribution < -0.4 is 4.72 Å². The fraction of sp³-hybridized carbons (Fsp3) is 0. The van der Waals surface area contributed by atoms with E-state index in [0.717, 1.165) is 11.3 Å². The van der Waals surface area contributed by atoms with Crippen LogP contribution in [0, 0.1) is 0 Å². The molecule has 4 aromatic rings. The van der Waals surface area contributed by atoms with Crippen LogP contribution in [0.1, 0.15) is 0 Å². The summed E-state index contributed by atoms with van der Waals surface area (Å²) in [4.78, 5) is 0.126. The van der Waals surface area contributed by atoms with Gasteiger partial charge in [-0.3, -0.25) is 4.72 Å². The first-order chi connectivity index (χ1) is 13.1. The van der Waals surface area contributed by atoms with Gasteiger partial charge in [-0.25, -0.2) is 13.1 Å². The molecule has 0 saturated carbocycles. The lowest BCUT2D eigenvalue weighted by atomic mass is 10.2. The molecule has 0 fully saturated rings. The van der Waals surface area contributed by atoms with E-state index in [9.17, 15) is 8.42 Å². The summed E-state index contributed by atoms with van der Waals surface area (Å²) in [7, 11) is -3.81. The van der Waals surface area contributed by atoms with E-state index in [1.165, 1.54) is 0 Å². The molecule has 0 amide bonds. The molecule has 0 aliphatic carbocycles. The number of para-hydroxylation sites is 2. The zero-order valence-electron chi connectivity index (χ0n) is 14.4. The molecule has 1 aromatic heterocycles. The maximum atomic E-state index is 13.1. The summed E-state index contributed by atoms with van der Waals surface area (Å²) in [5.74, 6) is 0. The Morgan fingerprint density at radius 1 is 0.741 bits per heavy atom. The Morgan fingerprint density at radius 3 is 1.93 bits per heavy atom. The lowest BCUT2D eigenvalue weighted by Crippen LogP contribution is -2.13. The minimum absolute atomic E-state index is 0.126. The molecule has 6 heteroatoms. The highest BCUT2D eigenvalue weighted by atomic mass is 32.2. The third-order valence-corrected chi connectivity index (χ3v) is 5.45. The third kappa shape index (κ3) is 3.61. The summed E-state index contributed by atoms with van der Waals surface area (Å²) in [5, 5.41) is 4.56. The molecule has 0 unspecified atom stereocenters. The number of benzene rings is 3. The van der Waals surface area contributed by atoms with Gasteiger partial charge in [-0.2, -0.15) is 5.10 Å². The van der Waals surface area contributed by atoms with Crippen molar-refractivity contribution in [2.45, 2.75) is 4.90 Å². The summed E-state index contributed by atoms with van der Waals surface area (Å²) < 4.78 is 30.4. The smallest absolute Gasteiger partial charge is 0.265 e. The monoisotopic (exact) mass is 375 g/mol. The van der Waals surface area contributed by atoms with Crippen LogP contribution in [0.4, 0.5) is 5.69 Å². The summed E-state index contributed by atoms with van der Waals surface area (Å²) in [6.07, 6.45) is 1.54. The lowest BCUT2D eigenvalue weighted by molar-refractivity contribution is 0.601. The zero-order chi connectivity index (χ0) is 18.7. The largest absolute Gasteiger partial charge is 0.280 e. The highest BCUT2D eigenvalue weighted by Gasteiger charge is 2.24. The van der Waals surface area contributed by atoms with Crippen LogP contribution in [0.25, 0.3) is 16.9 Å². The fourth-order valence-electron chi connectivity index (χ4n) is 2.78. The first-order valence-electron chi connectivity index (χ1n) is 8.42. The molecule has 1 heterocycles. The fourth-order valence-corrected chi connectivity index (χ4v) is 3.99. The van der Waals surface area contributed by atoms with Crippen molar-refractivity contribution in [2.75, 3.05) is 4.72 Å². The van der Waals surface area contributed by atoms with Gasteiger partial charge in [-0.05, 0) is 24.3 Å². The van der Waals surface area contributed by atoms with Gasteiger partial charge in [0.05, 0.1) is 11.9 Å². The van der Waals surface area contributed by atoms with E-state index in [2.05, 4.69) is 9.82 Å². The average Bonchev–Trinajstić information content (AvgIpc) is 3.16. The van der Waals surface area contributed by atoms with Gasteiger partial charge in [0.1, 0.15) is 10.6 Å². The molecular weight excluding hydrogens is 358 g/mol. The van der Waals surface area contributed by atoms with Gasteiger partial charge in [-0.15, -0.1) is 0 Å². The van der Waals surface area contributed by atoms with Crippen molar-refractivity contribution in [1.82, 2.24) is 9.78 Å². The number of nitrogens with zero attached hydrogens (tertiary/aromatic N) is 2. The molecule has 0 atom stereocenters. The van der Waals surface area contributed by atoms with E-state index < -0.39 is 10.0 Å². The summed E-state index contributed by atoms with van der Waals surface area (Å²) >= 11 is 0. The van der Waals surface area contributed by atoms with Gasteiger partial charge in [0.2, 0.25) is 0 Å². The Bertz CT molecular complexity index is 1140. The molecule has 0 aliphatic rings. The minimum Gasteiger partial charge on any atom is -0.280 e. The lowest BCUT2D eigenvalue weighted by Gasteiger charge is -2.07. The molecule has 3 aromatic carbocycles. The van der Waals surface area contributed by atoms with E-state index in [-0.39, 0.29) is 4.90 Å². The van der Waals surface area contributed by atoms with Crippen LogP contribution >= 0.6 is 0 Å². The van der Waals surface area contributed by atoms with E-state index in [0.29, 0.717) is 11.4 Å². The molecule has 5 nitrogen and oxygen atoms in total. The average molecular weight is 375 g/mol. The number of aromatic nitrogens is 2. The quantitative estimate of drug-likeness (QED) is 0.564. The van der Waals surface area contributed by atoms with Gasteiger partial charge in [0.15, 0.2) is 0 Å². The third-order valence-electron chi connectivity index (χ3n) is 4.06. The topological polar surface area (TPSA) is 64.0 Å². The van der Waals surface area contributed by atoms with Crippen molar-refractivity contribution >= 4 is 15.7 Å². The molecule has 134 valence electrons. The second-order valence-corrected chi connectivity index (χ2v) is 7.61. The highest BCUT2D eigenvalue weighted by Crippen LogP contribution is 2.28. The van der Waals surface area contributed by atoms with Crippen molar-refractivity contribution < 1.29 is 8.42 Å². The van der Waals surface area contributed by atoms with Crippen LogP contribution in [0.3, 0.4) is 0 Å². The molecule has 0 radical (unpaired) electrons. The molecule has 27 heavy (non-hydrogen) atoms. The molecular formula is C21H17N3O2S. The van der Waals surface area contributed by atoms with Crippen molar-refractivity contribution in [3.05, 3.63) is 97.2 Å². The molecule has 0 aliphatic heterocycles. The zero-order valence-corrected chi connectivity index (χ0v) is 15.2. The standard InChI is InChI=1S/C21H17N3O2S/c25-27(26,23-18-12-6-2-7-13-18)20-16-24(19-14-8-3-9-15-19)22-21(20)17-10-4-1-5-11-17/h1-16,23H. The first kappa shape index (κ1) is 17.1. The highest BCUT2D eigenvalue weighted by molar-refractivity contribution is 7.92. The van der Waals surface area contributed by atoms with Crippen molar-refractivity contribution in [3.63, 3.8) is 0 Å². The maximum absolute atomic E-state index is 13.1. The predicted octanol–water partition coefficient (Wildman–Crippen LogP) is 4.34. The Hall–Kier alpha value is -3.38. The Kier molecular flexibility index (Phi) is 4.48. The Morgan fingerprint density at radius 2 is 1.30 bits per heavy atom. The molecule has 4 rings (SSSR count). The number of rotatable bonds is 5. The van der Waals surface area contributed by atoms with Crippen molar-refractivity contribution in [2.24, 2.45) is 0 Å². The molecule has 0 saturated heterocycles. The number of hydrogen-bond donors (Lipinski definition) is 1. The van der Waals surface area contributed by atoms with Gasteiger partial charge in [-0.1, -0.05) is 66.7 Å². The van der Waals surface area contributed by atoms with Crippen LogP contribution in [0.2, 0.25) is 0 Å².